The summed E-state index contributed by atoms with van der Waals surface area (Å²) in [6.07, 6.45) is 0. The summed E-state index contributed by atoms with van der Waals surface area (Å²) in [7, 11) is 3.44. The number of halogens is 2. The molecule has 0 radical (unpaired) electrons. The molecule has 0 amide bonds. The maximum atomic E-state index is 5.98. The van der Waals surface area contributed by atoms with Gasteiger partial charge in [-0.25, -0.2) is 0 Å². The van der Waals surface area contributed by atoms with Gasteiger partial charge in [-0.05, 0) is 11.6 Å². The van der Waals surface area contributed by atoms with Crippen molar-refractivity contribution in [2.24, 2.45) is 0 Å². The minimum Gasteiger partial charge on any atom is -0.302 e. The van der Waals surface area contributed by atoms with Gasteiger partial charge in [-0.3, -0.25) is 0 Å². The number of nitrogens with zero attached hydrogens (tertiary/aromatic N) is 1. The molecule has 0 unspecified atom stereocenters. The van der Waals surface area contributed by atoms with Crippen molar-refractivity contribution in [1.29, 1.82) is 0 Å². The van der Waals surface area contributed by atoms with Crippen molar-refractivity contribution in [3.05, 3.63) is 33.8 Å². The minimum atomic E-state index is 0.573. The monoisotopic (exact) mass is 219 g/mol. The van der Waals surface area contributed by atoms with E-state index < -0.39 is 0 Å². The molecule has 1 rings (SSSR count). The molecule has 0 aliphatic rings. The quantitative estimate of drug-likeness (QED) is 0.726. The Bertz CT molecular complexity index is 291. The Morgan fingerprint density at radius 3 is 2.69 bits per heavy atom. The van der Waals surface area contributed by atoms with E-state index in [1.54, 1.807) is 18.2 Å². The molecule has 1 aromatic rings. The van der Waals surface area contributed by atoms with E-state index in [0.29, 0.717) is 16.6 Å². The summed E-state index contributed by atoms with van der Waals surface area (Å²) < 4.78 is 0. The third-order valence-corrected chi connectivity index (χ3v) is 2.59. The van der Waals surface area contributed by atoms with Crippen molar-refractivity contribution >= 4 is 23.2 Å². The van der Waals surface area contributed by atoms with Crippen LogP contribution < -0.4 is 0 Å². The predicted octanol–water partition coefficient (Wildman–Crippen LogP) is 2.99. The molecule has 2 nitrogen and oxygen atoms in total. The Hall–Kier alpha value is -0.280. The molecule has 72 valence electrons. The van der Waals surface area contributed by atoms with Crippen LogP contribution >= 0.6 is 23.2 Å². The first-order valence-corrected chi connectivity index (χ1v) is 4.59. The minimum absolute atomic E-state index is 0.573. The van der Waals surface area contributed by atoms with Crippen LogP contribution in [0, 0.1) is 0 Å². The summed E-state index contributed by atoms with van der Waals surface area (Å²) in [4.78, 5) is 4.98. The van der Waals surface area contributed by atoms with Gasteiger partial charge >= 0.3 is 0 Å². The molecular formula is C9H11Cl2NO. The van der Waals surface area contributed by atoms with Crippen LogP contribution in [0.2, 0.25) is 10.0 Å². The molecule has 0 fully saturated rings. The number of rotatable bonds is 3. The molecule has 0 saturated heterocycles. The smallest absolute Gasteiger partial charge is 0.0638 e. The summed E-state index contributed by atoms with van der Waals surface area (Å²) in [5.74, 6) is 0. The van der Waals surface area contributed by atoms with Crippen LogP contribution in [0.5, 0.6) is 0 Å². The third kappa shape index (κ3) is 2.85. The Morgan fingerprint density at radius 1 is 1.38 bits per heavy atom. The van der Waals surface area contributed by atoms with Crippen molar-refractivity contribution in [2.75, 3.05) is 14.2 Å². The van der Waals surface area contributed by atoms with Crippen molar-refractivity contribution in [3.8, 4) is 0 Å². The van der Waals surface area contributed by atoms with Crippen molar-refractivity contribution in [2.45, 2.75) is 6.54 Å². The molecule has 0 saturated carbocycles. The SMILES string of the molecule is CON(C)Cc1cccc(Cl)c1Cl. The van der Waals surface area contributed by atoms with Crippen LogP contribution in [0.15, 0.2) is 18.2 Å². The average molecular weight is 220 g/mol. The molecule has 0 N–H and O–H groups in total. The molecule has 0 bridgehead atoms. The number of hydrogen-bond acceptors (Lipinski definition) is 2. The summed E-state index contributed by atoms with van der Waals surface area (Å²) >= 11 is 11.8. The van der Waals surface area contributed by atoms with Gasteiger partial charge in [0.2, 0.25) is 0 Å². The van der Waals surface area contributed by atoms with Crippen LogP contribution in [-0.2, 0) is 11.4 Å². The molecule has 0 aliphatic heterocycles. The van der Waals surface area contributed by atoms with Crippen molar-refractivity contribution < 1.29 is 4.84 Å². The standard InChI is InChI=1S/C9H11Cl2NO/c1-12(13-2)6-7-4-3-5-8(10)9(7)11/h3-5H,6H2,1-2H3. The molecule has 0 heterocycles. The molecule has 0 aromatic heterocycles. The molecule has 4 heteroatoms. The summed E-state index contributed by atoms with van der Waals surface area (Å²) in [5.41, 5.74) is 0.957. The Labute approximate surface area is 88.0 Å². The van der Waals surface area contributed by atoms with E-state index in [2.05, 4.69) is 0 Å². The first-order valence-electron chi connectivity index (χ1n) is 3.83. The van der Waals surface area contributed by atoms with Gasteiger partial charge in [-0.15, -0.1) is 0 Å². The lowest BCUT2D eigenvalue weighted by atomic mass is 10.2. The lowest BCUT2D eigenvalue weighted by molar-refractivity contribution is -0.116. The van der Waals surface area contributed by atoms with Gasteiger partial charge in [-0.1, -0.05) is 35.3 Å². The van der Waals surface area contributed by atoms with Crippen LogP contribution in [-0.4, -0.2) is 19.2 Å². The van der Waals surface area contributed by atoms with Crippen LogP contribution in [0.3, 0.4) is 0 Å². The zero-order valence-electron chi connectivity index (χ0n) is 7.55. The van der Waals surface area contributed by atoms with E-state index in [4.69, 9.17) is 28.0 Å². The Morgan fingerprint density at radius 2 is 2.08 bits per heavy atom. The fourth-order valence-electron chi connectivity index (χ4n) is 0.975. The number of benzene rings is 1. The van der Waals surface area contributed by atoms with E-state index >= 15 is 0 Å². The van der Waals surface area contributed by atoms with Gasteiger partial charge < -0.3 is 4.84 Å². The van der Waals surface area contributed by atoms with Crippen molar-refractivity contribution in [3.63, 3.8) is 0 Å². The fourth-order valence-corrected chi connectivity index (χ4v) is 1.35. The molecule has 0 spiro atoms. The largest absolute Gasteiger partial charge is 0.302 e. The normalized spacial score (nSPS) is 10.8. The maximum absolute atomic E-state index is 5.98. The highest BCUT2D eigenvalue weighted by molar-refractivity contribution is 6.42. The molecular weight excluding hydrogens is 209 g/mol. The predicted molar refractivity (Wildman–Crippen MR) is 54.9 cm³/mol. The van der Waals surface area contributed by atoms with E-state index in [1.165, 1.54) is 0 Å². The average Bonchev–Trinajstić information content (AvgIpc) is 2.13. The third-order valence-electron chi connectivity index (χ3n) is 1.74. The highest BCUT2D eigenvalue weighted by atomic mass is 35.5. The number of hydrogen-bond donors (Lipinski definition) is 0. The van der Waals surface area contributed by atoms with Gasteiger partial charge in [0.15, 0.2) is 0 Å². The summed E-state index contributed by atoms with van der Waals surface area (Å²) in [5, 5.41) is 2.84. The summed E-state index contributed by atoms with van der Waals surface area (Å²) in [6.45, 7) is 0.621. The molecule has 13 heavy (non-hydrogen) atoms. The van der Waals surface area contributed by atoms with Crippen molar-refractivity contribution in [1.82, 2.24) is 5.06 Å². The number of hydroxylamine groups is 2. The van der Waals surface area contributed by atoms with Crippen LogP contribution in [0.1, 0.15) is 5.56 Å². The maximum Gasteiger partial charge on any atom is 0.0638 e. The lowest BCUT2D eigenvalue weighted by Crippen LogP contribution is -2.15. The zero-order valence-corrected chi connectivity index (χ0v) is 9.06. The van der Waals surface area contributed by atoms with E-state index in [0.717, 1.165) is 5.56 Å². The van der Waals surface area contributed by atoms with Gasteiger partial charge in [0.05, 0.1) is 23.7 Å². The van der Waals surface area contributed by atoms with Gasteiger partial charge in [0.25, 0.3) is 0 Å². The summed E-state index contributed by atoms with van der Waals surface area (Å²) in [6, 6.07) is 5.55. The topological polar surface area (TPSA) is 12.5 Å². The lowest BCUT2D eigenvalue weighted by Gasteiger charge is -2.14. The molecule has 0 atom stereocenters. The first-order chi connectivity index (χ1) is 6.15. The van der Waals surface area contributed by atoms with E-state index in [-0.39, 0.29) is 0 Å². The Balaban J connectivity index is 2.83. The fraction of sp³-hybridized carbons (Fsp3) is 0.333. The van der Waals surface area contributed by atoms with Gasteiger partial charge in [0.1, 0.15) is 0 Å². The second-order valence-electron chi connectivity index (χ2n) is 2.68. The second kappa shape index (κ2) is 4.82. The Kier molecular flexibility index (Phi) is 4.00. The van der Waals surface area contributed by atoms with Crippen LogP contribution in [0.25, 0.3) is 0 Å². The first kappa shape index (κ1) is 10.8. The zero-order chi connectivity index (χ0) is 9.84. The van der Waals surface area contributed by atoms with Gasteiger partial charge in [-0.2, -0.15) is 5.06 Å². The van der Waals surface area contributed by atoms with E-state index in [9.17, 15) is 0 Å². The highest BCUT2D eigenvalue weighted by Gasteiger charge is 2.06. The van der Waals surface area contributed by atoms with E-state index in [1.807, 2.05) is 19.2 Å². The van der Waals surface area contributed by atoms with Crippen LogP contribution in [0.4, 0.5) is 0 Å². The molecule has 1 aromatic carbocycles. The highest BCUT2D eigenvalue weighted by Crippen LogP contribution is 2.26. The van der Waals surface area contributed by atoms with Gasteiger partial charge in [0, 0.05) is 7.05 Å². The molecule has 0 aliphatic carbocycles. The second-order valence-corrected chi connectivity index (χ2v) is 3.47.